The summed E-state index contributed by atoms with van der Waals surface area (Å²) in [6.45, 7) is 0.0507. The first-order valence-electron chi connectivity index (χ1n) is 8.18. The molecule has 1 aliphatic rings. The summed E-state index contributed by atoms with van der Waals surface area (Å²) >= 11 is 1.30. The van der Waals surface area contributed by atoms with E-state index in [0.29, 0.717) is 11.1 Å². The summed E-state index contributed by atoms with van der Waals surface area (Å²) < 4.78 is 1.87. The molecule has 0 aliphatic heterocycles. The van der Waals surface area contributed by atoms with Crippen LogP contribution in [0.5, 0.6) is 0 Å². The van der Waals surface area contributed by atoms with E-state index in [1.54, 1.807) is 14.1 Å². The lowest BCUT2D eigenvalue weighted by atomic mass is 10.3. The predicted molar refractivity (Wildman–Crippen MR) is 95.8 cm³/mol. The number of nitrogens with one attached hydrogen (secondary N) is 1. The number of hydrogen-bond donors (Lipinski definition) is 1. The van der Waals surface area contributed by atoms with Crippen LogP contribution in [0.2, 0.25) is 0 Å². The molecule has 0 saturated heterocycles. The van der Waals surface area contributed by atoms with E-state index in [1.165, 1.54) is 16.7 Å². The Morgan fingerprint density at radius 2 is 2.04 bits per heavy atom. The van der Waals surface area contributed by atoms with Crippen molar-refractivity contribution in [3.63, 3.8) is 0 Å². The van der Waals surface area contributed by atoms with E-state index in [4.69, 9.17) is 0 Å². The van der Waals surface area contributed by atoms with Crippen molar-refractivity contribution >= 4 is 23.6 Å². The number of carbonyl (C=O) groups excluding carboxylic acids is 2. The first-order valence-corrected chi connectivity index (χ1v) is 9.16. The molecule has 2 amide bonds. The largest absolute Gasteiger partial charge is 0.358 e. The fourth-order valence-corrected chi connectivity index (χ4v) is 3.12. The molecule has 1 heterocycles. The SMILES string of the molecule is CNC(=O)CN(C)C(=O)CSc1nc(C2CC2)n(-c2ccccc2)n1. The molecule has 1 aliphatic carbocycles. The predicted octanol–water partition coefficient (Wildman–Crippen LogP) is 1.44. The molecule has 3 rings (SSSR count). The third kappa shape index (κ3) is 4.39. The smallest absolute Gasteiger partial charge is 0.239 e. The van der Waals surface area contributed by atoms with Crippen LogP contribution in [0.4, 0.5) is 0 Å². The Morgan fingerprint density at radius 1 is 1.32 bits per heavy atom. The number of amides is 2. The maximum atomic E-state index is 12.1. The average Bonchev–Trinajstić information content (AvgIpc) is 3.39. The van der Waals surface area contributed by atoms with Gasteiger partial charge in [0.25, 0.3) is 0 Å². The average molecular weight is 359 g/mol. The first kappa shape index (κ1) is 17.5. The van der Waals surface area contributed by atoms with E-state index < -0.39 is 0 Å². The van der Waals surface area contributed by atoms with E-state index in [2.05, 4.69) is 15.4 Å². The molecule has 1 N–H and O–H groups in total. The van der Waals surface area contributed by atoms with Crippen molar-refractivity contribution in [3.05, 3.63) is 36.2 Å². The number of rotatable bonds is 7. The van der Waals surface area contributed by atoms with Gasteiger partial charge in [-0.15, -0.1) is 5.10 Å². The Morgan fingerprint density at radius 3 is 2.68 bits per heavy atom. The van der Waals surface area contributed by atoms with Gasteiger partial charge in [0.15, 0.2) is 0 Å². The molecule has 1 fully saturated rings. The summed E-state index contributed by atoms with van der Waals surface area (Å²) in [5, 5.41) is 7.66. The van der Waals surface area contributed by atoms with E-state index in [0.717, 1.165) is 24.4 Å². The monoisotopic (exact) mass is 359 g/mol. The summed E-state index contributed by atoms with van der Waals surface area (Å²) in [4.78, 5) is 29.5. The Labute approximate surface area is 150 Å². The van der Waals surface area contributed by atoms with Gasteiger partial charge >= 0.3 is 0 Å². The minimum atomic E-state index is -0.191. The van der Waals surface area contributed by atoms with Crippen molar-refractivity contribution in [1.29, 1.82) is 0 Å². The van der Waals surface area contributed by atoms with Gasteiger partial charge in [-0.3, -0.25) is 9.59 Å². The number of hydrogen-bond acceptors (Lipinski definition) is 5. The Bertz CT molecular complexity index is 758. The summed E-state index contributed by atoms with van der Waals surface area (Å²) in [5.74, 6) is 1.30. The van der Waals surface area contributed by atoms with E-state index in [-0.39, 0.29) is 24.1 Å². The van der Waals surface area contributed by atoms with Crippen molar-refractivity contribution in [2.45, 2.75) is 23.9 Å². The topological polar surface area (TPSA) is 80.1 Å². The second-order valence-corrected chi connectivity index (χ2v) is 6.93. The maximum Gasteiger partial charge on any atom is 0.239 e. The molecule has 2 aromatic rings. The van der Waals surface area contributed by atoms with Crippen molar-refractivity contribution in [1.82, 2.24) is 25.0 Å². The van der Waals surface area contributed by atoms with Gasteiger partial charge in [-0.2, -0.15) is 0 Å². The molecule has 8 heteroatoms. The normalized spacial score (nSPS) is 13.5. The van der Waals surface area contributed by atoms with Crippen LogP contribution >= 0.6 is 11.8 Å². The molecule has 132 valence electrons. The lowest BCUT2D eigenvalue weighted by Gasteiger charge is -2.15. The van der Waals surface area contributed by atoms with Gasteiger partial charge in [0.2, 0.25) is 17.0 Å². The number of para-hydroxylation sites is 1. The highest BCUT2D eigenvalue weighted by molar-refractivity contribution is 7.99. The van der Waals surface area contributed by atoms with Crippen LogP contribution in [0.3, 0.4) is 0 Å². The highest BCUT2D eigenvalue weighted by atomic mass is 32.2. The van der Waals surface area contributed by atoms with Crippen molar-refractivity contribution < 1.29 is 9.59 Å². The minimum Gasteiger partial charge on any atom is -0.358 e. The standard InChI is InChI=1S/C17H21N5O2S/c1-18-14(23)10-21(2)15(24)11-25-17-19-16(12-8-9-12)22(20-17)13-6-4-3-5-7-13/h3-7,12H,8-11H2,1-2H3,(H,18,23). The number of nitrogens with zero attached hydrogens (tertiary/aromatic N) is 4. The number of carbonyl (C=O) groups is 2. The third-order valence-electron chi connectivity index (χ3n) is 3.97. The van der Waals surface area contributed by atoms with Gasteiger partial charge in [-0.1, -0.05) is 30.0 Å². The zero-order valence-electron chi connectivity index (χ0n) is 14.3. The Hall–Kier alpha value is -2.35. The molecule has 0 unspecified atom stereocenters. The number of benzene rings is 1. The lowest BCUT2D eigenvalue weighted by Crippen LogP contribution is -2.37. The number of thioether (sulfide) groups is 1. The molecule has 7 nitrogen and oxygen atoms in total. The third-order valence-corrected chi connectivity index (χ3v) is 4.79. The molecule has 1 aromatic heterocycles. The summed E-state index contributed by atoms with van der Waals surface area (Å²) in [5.41, 5.74) is 0.979. The van der Waals surface area contributed by atoms with Gasteiger partial charge in [0, 0.05) is 20.0 Å². The lowest BCUT2D eigenvalue weighted by molar-refractivity contribution is -0.132. The fraction of sp³-hybridized carbons (Fsp3) is 0.412. The van der Waals surface area contributed by atoms with Gasteiger partial charge < -0.3 is 10.2 Å². The van der Waals surface area contributed by atoms with Gasteiger partial charge in [0.1, 0.15) is 5.82 Å². The van der Waals surface area contributed by atoms with Crippen LogP contribution < -0.4 is 5.32 Å². The van der Waals surface area contributed by atoms with Crippen LogP contribution in [-0.2, 0) is 9.59 Å². The van der Waals surface area contributed by atoms with Crippen LogP contribution in [0.15, 0.2) is 35.5 Å². The molecular formula is C17H21N5O2S. The van der Waals surface area contributed by atoms with Crippen LogP contribution in [0.1, 0.15) is 24.6 Å². The van der Waals surface area contributed by atoms with Crippen molar-refractivity contribution in [3.8, 4) is 5.69 Å². The van der Waals surface area contributed by atoms with Crippen LogP contribution in [-0.4, -0.2) is 57.9 Å². The quantitative estimate of drug-likeness (QED) is 0.757. The fourth-order valence-electron chi connectivity index (χ4n) is 2.35. The zero-order valence-corrected chi connectivity index (χ0v) is 15.1. The summed E-state index contributed by atoms with van der Waals surface area (Å²) in [6.07, 6.45) is 2.26. The molecule has 0 atom stereocenters. The van der Waals surface area contributed by atoms with E-state index in [9.17, 15) is 9.59 Å². The highest BCUT2D eigenvalue weighted by Gasteiger charge is 2.30. The summed E-state index contributed by atoms with van der Waals surface area (Å²) in [7, 11) is 3.17. The van der Waals surface area contributed by atoms with Crippen LogP contribution in [0, 0.1) is 0 Å². The highest BCUT2D eigenvalue weighted by Crippen LogP contribution is 2.40. The molecular weight excluding hydrogens is 338 g/mol. The van der Waals surface area contributed by atoms with E-state index in [1.807, 2.05) is 35.0 Å². The van der Waals surface area contributed by atoms with Crippen molar-refractivity contribution in [2.24, 2.45) is 0 Å². The molecule has 0 radical (unpaired) electrons. The van der Waals surface area contributed by atoms with Gasteiger partial charge in [-0.05, 0) is 25.0 Å². The minimum absolute atomic E-state index is 0.0507. The second kappa shape index (κ2) is 7.69. The Balaban J connectivity index is 1.67. The van der Waals surface area contributed by atoms with Crippen molar-refractivity contribution in [2.75, 3.05) is 26.4 Å². The van der Waals surface area contributed by atoms with Crippen LogP contribution in [0.25, 0.3) is 5.69 Å². The second-order valence-electron chi connectivity index (χ2n) is 5.99. The Kier molecular flexibility index (Phi) is 5.37. The zero-order chi connectivity index (χ0) is 17.8. The molecule has 25 heavy (non-hydrogen) atoms. The molecule has 1 saturated carbocycles. The molecule has 0 bridgehead atoms. The number of aromatic nitrogens is 3. The first-order chi connectivity index (χ1) is 12.1. The van der Waals surface area contributed by atoms with E-state index >= 15 is 0 Å². The van der Waals surface area contributed by atoms with Gasteiger partial charge in [0.05, 0.1) is 18.0 Å². The summed E-state index contributed by atoms with van der Waals surface area (Å²) in [6, 6.07) is 9.90. The number of likely N-dealkylation sites (N-methyl/N-ethyl adjacent to an activating group) is 2. The maximum absolute atomic E-state index is 12.1. The molecule has 0 spiro atoms. The molecule has 1 aromatic carbocycles. The van der Waals surface area contributed by atoms with Gasteiger partial charge in [-0.25, -0.2) is 9.67 Å².